The molecule has 10 nitrogen and oxygen atoms in total. The molecular formula is C39H42ClN5O5. The predicted molar refractivity (Wildman–Crippen MR) is 196 cm³/mol. The number of hydrogen-bond acceptors (Lipinski definition) is 7. The van der Waals surface area contributed by atoms with Crippen molar-refractivity contribution in [2.75, 3.05) is 10.6 Å². The van der Waals surface area contributed by atoms with Gasteiger partial charge in [0.1, 0.15) is 11.3 Å². The van der Waals surface area contributed by atoms with Gasteiger partial charge in [-0.3, -0.25) is 19.2 Å². The maximum atomic E-state index is 13.6. The van der Waals surface area contributed by atoms with E-state index >= 15 is 0 Å². The smallest absolute Gasteiger partial charge is 0.308 e. The number of Topliss-reactive ketones (excluding diaryl/α,β-unsaturated/α-hetero) is 1. The second-order valence-corrected chi connectivity index (χ2v) is 13.4. The lowest BCUT2D eigenvalue weighted by Gasteiger charge is -2.24. The first-order valence-corrected chi connectivity index (χ1v) is 16.6. The van der Waals surface area contributed by atoms with E-state index in [-0.39, 0.29) is 28.4 Å². The van der Waals surface area contributed by atoms with Gasteiger partial charge >= 0.3 is 5.97 Å². The van der Waals surface area contributed by atoms with E-state index in [1.54, 1.807) is 69.3 Å². The summed E-state index contributed by atoms with van der Waals surface area (Å²) in [6.07, 6.45) is 1.86. The van der Waals surface area contributed by atoms with Gasteiger partial charge in [0.25, 0.3) is 5.91 Å². The molecule has 1 heterocycles. The van der Waals surface area contributed by atoms with Gasteiger partial charge in [-0.05, 0) is 80.3 Å². The van der Waals surface area contributed by atoms with E-state index in [4.69, 9.17) is 16.3 Å². The summed E-state index contributed by atoms with van der Waals surface area (Å²) in [6, 6.07) is 26.0. The molecule has 1 atom stereocenters. The maximum Gasteiger partial charge on any atom is 0.308 e. The van der Waals surface area contributed by atoms with Crippen molar-refractivity contribution in [1.82, 2.24) is 15.0 Å². The summed E-state index contributed by atoms with van der Waals surface area (Å²) in [4.78, 5) is 50.1. The van der Waals surface area contributed by atoms with Gasteiger partial charge in [0.2, 0.25) is 5.91 Å². The Bertz CT molecular complexity index is 1980. The minimum absolute atomic E-state index is 0.140. The number of aryl methyl sites for hydroxylation is 3. The molecular weight excluding hydrogens is 654 g/mol. The van der Waals surface area contributed by atoms with E-state index in [0.29, 0.717) is 35.3 Å². The van der Waals surface area contributed by atoms with Crippen LogP contribution in [0.2, 0.25) is 5.02 Å². The van der Waals surface area contributed by atoms with Crippen molar-refractivity contribution < 1.29 is 23.9 Å². The lowest BCUT2D eigenvalue weighted by Crippen LogP contribution is -2.39. The van der Waals surface area contributed by atoms with Gasteiger partial charge in [-0.15, -0.1) is 5.10 Å². The first-order chi connectivity index (χ1) is 23.7. The van der Waals surface area contributed by atoms with Crippen LogP contribution in [0.5, 0.6) is 5.75 Å². The minimum atomic E-state index is -1.27. The van der Waals surface area contributed by atoms with Crippen LogP contribution in [-0.2, 0) is 25.6 Å². The van der Waals surface area contributed by atoms with Crippen LogP contribution in [0.3, 0.4) is 0 Å². The first kappa shape index (κ1) is 37.5. The Balaban J connectivity index is 0.000000482. The summed E-state index contributed by atoms with van der Waals surface area (Å²) in [7, 11) is 0. The highest BCUT2D eigenvalue weighted by molar-refractivity contribution is 6.34. The average Bonchev–Trinajstić information content (AvgIpc) is 3.47. The second-order valence-electron chi connectivity index (χ2n) is 13.0. The Morgan fingerprint density at radius 1 is 0.880 bits per heavy atom. The summed E-state index contributed by atoms with van der Waals surface area (Å²) in [5.41, 5.74) is 4.74. The number of aromatic nitrogens is 3. The lowest BCUT2D eigenvalue weighted by atomic mass is 9.86. The van der Waals surface area contributed by atoms with Gasteiger partial charge < -0.3 is 15.4 Å². The van der Waals surface area contributed by atoms with Crippen LogP contribution in [0.4, 0.5) is 11.4 Å². The molecule has 50 heavy (non-hydrogen) atoms. The number of ketones is 1. The Hall–Kier alpha value is -5.35. The fraction of sp³-hybridized carbons (Fsp3) is 0.282. The van der Waals surface area contributed by atoms with Crippen LogP contribution < -0.4 is 15.4 Å². The third-order valence-electron chi connectivity index (χ3n) is 7.72. The molecule has 4 aromatic carbocycles. The molecule has 0 radical (unpaired) electrons. The molecule has 1 unspecified atom stereocenters. The van der Waals surface area contributed by atoms with Gasteiger partial charge in [0.05, 0.1) is 16.2 Å². The number of carbonyl (C=O) groups is 4. The number of rotatable bonds is 10. The number of nitrogens with zero attached hydrogens (tertiary/aromatic N) is 3. The SMILES string of the molecule is CC(=O)Oc1ccccc1.Cc1ccc(CCCC(=O)Nc2ccc(Cl)c(NC(=O)C(C(=O)C(C)(C)C)n3nnc4ccccc43)c2)c(C)c1. The van der Waals surface area contributed by atoms with Crippen LogP contribution in [-0.4, -0.2) is 38.6 Å². The number of amides is 2. The Morgan fingerprint density at radius 2 is 1.58 bits per heavy atom. The molecule has 0 aliphatic carbocycles. The highest BCUT2D eigenvalue weighted by Crippen LogP contribution is 2.30. The normalized spacial score (nSPS) is 11.6. The van der Waals surface area contributed by atoms with E-state index in [9.17, 15) is 19.2 Å². The van der Waals surface area contributed by atoms with Crippen molar-refractivity contribution in [2.45, 2.75) is 66.8 Å². The highest BCUT2D eigenvalue weighted by atomic mass is 35.5. The number of halogens is 1. The standard InChI is InChI=1S/C31H34ClN5O3.C8H8O2/c1-19-13-14-21(20(2)17-19)9-8-12-27(38)33-22-15-16-23(32)25(18-22)34-30(40)28(29(39)31(3,4)5)37-26-11-7-6-10-24(26)35-36-37;1-7(9)10-8-5-3-2-4-6-8/h6-7,10-11,13-18,28H,8-9,12H2,1-5H3,(H,33,38)(H,34,40);2-6H,1H3. The van der Waals surface area contributed by atoms with Crippen LogP contribution in [0.15, 0.2) is 91.0 Å². The van der Waals surface area contributed by atoms with Crippen molar-refractivity contribution in [3.05, 3.63) is 113 Å². The van der Waals surface area contributed by atoms with Gasteiger partial charge in [-0.1, -0.05) is 91.7 Å². The molecule has 11 heteroatoms. The zero-order valence-corrected chi connectivity index (χ0v) is 29.9. The lowest BCUT2D eigenvalue weighted by molar-refractivity contribution is -0.136. The molecule has 0 aliphatic heterocycles. The molecule has 0 fully saturated rings. The Labute approximate surface area is 297 Å². The third-order valence-corrected chi connectivity index (χ3v) is 8.05. The molecule has 0 aliphatic rings. The van der Waals surface area contributed by atoms with E-state index < -0.39 is 17.4 Å². The number of para-hydroxylation sites is 2. The first-order valence-electron chi connectivity index (χ1n) is 16.3. The molecule has 260 valence electrons. The minimum Gasteiger partial charge on any atom is -0.427 e. The van der Waals surface area contributed by atoms with E-state index in [1.807, 2.05) is 24.3 Å². The number of ether oxygens (including phenoxy) is 1. The number of fused-ring (bicyclic) bond motifs is 1. The summed E-state index contributed by atoms with van der Waals surface area (Å²) in [5, 5.41) is 14.2. The van der Waals surface area contributed by atoms with Gasteiger partial charge in [0.15, 0.2) is 11.8 Å². The molecule has 0 saturated carbocycles. The molecule has 2 amide bonds. The van der Waals surface area contributed by atoms with Crippen LogP contribution in [0.1, 0.15) is 63.3 Å². The van der Waals surface area contributed by atoms with Crippen molar-refractivity contribution >= 4 is 57.6 Å². The third kappa shape index (κ3) is 10.3. The number of carbonyl (C=O) groups excluding carboxylic acids is 4. The van der Waals surface area contributed by atoms with Crippen molar-refractivity contribution in [3.8, 4) is 5.75 Å². The predicted octanol–water partition coefficient (Wildman–Crippen LogP) is 8.07. The van der Waals surface area contributed by atoms with E-state index in [0.717, 1.165) is 6.42 Å². The quantitative estimate of drug-likeness (QED) is 0.0858. The number of nitrogens with one attached hydrogen (secondary N) is 2. The number of anilines is 2. The molecule has 0 spiro atoms. The van der Waals surface area contributed by atoms with Gasteiger partial charge in [-0.2, -0.15) is 0 Å². The van der Waals surface area contributed by atoms with Gasteiger partial charge in [0, 0.05) is 24.4 Å². The number of esters is 1. The van der Waals surface area contributed by atoms with Crippen LogP contribution >= 0.6 is 11.6 Å². The molecule has 1 aromatic heterocycles. The molecule has 5 aromatic rings. The summed E-state index contributed by atoms with van der Waals surface area (Å²) in [5.74, 6) is -0.764. The molecule has 0 saturated heterocycles. The summed E-state index contributed by atoms with van der Waals surface area (Å²) >= 11 is 6.40. The van der Waals surface area contributed by atoms with Crippen molar-refractivity contribution in [1.29, 1.82) is 0 Å². The highest BCUT2D eigenvalue weighted by Gasteiger charge is 2.38. The van der Waals surface area contributed by atoms with Gasteiger partial charge in [-0.25, -0.2) is 4.68 Å². The maximum absolute atomic E-state index is 13.6. The van der Waals surface area contributed by atoms with Crippen molar-refractivity contribution in [3.63, 3.8) is 0 Å². The topological polar surface area (TPSA) is 132 Å². The summed E-state index contributed by atoms with van der Waals surface area (Å²) in [6.45, 7) is 10.8. The van der Waals surface area contributed by atoms with Crippen LogP contribution in [0.25, 0.3) is 11.0 Å². The molecule has 2 N–H and O–H groups in total. The Morgan fingerprint density at radius 3 is 2.26 bits per heavy atom. The molecule has 0 bridgehead atoms. The summed E-state index contributed by atoms with van der Waals surface area (Å²) < 4.78 is 6.12. The van der Waals surface area contributed by atoms with E-state index in [2.05, 4.69) is 53.0 Å². The van der Waals surface area contributed by atoms with E-state index in [1.165, 1.54) is 28.3 Å². The number of benzene rings is 4. The molecule has 5 rings (SSSR count). The number of hydrogen-bond donors (Lipinski definition) is 2. The fourth-order valence-corrected chi connectivity index (χ4v) is 5.34. The van der Waals surface area contributed by atoms with Crippen molar-refractivity contribution in [2.24, 2.45) is 5.41 Å². The zero-order valence-electron chi connectivity index (χ0n) is 29.1. The monoisotopic (exact) mass is 695 g/mol. The average molecular weight is 696 g/mol. The van der Waals surface area contributed by atoms with Crippen LogP contribution in [0, 0.1) is 19.3 Å². The second kappa shape index (κ2) is 16.8. The Kier molecular flexibility index (Phi) is 12.6. The zero-order chi connectivity index (χ0) is 36.4. The fourth-order valence-electron chi connectivity index (χ4n) is 5.17. The largest absolute Gasteiger partial charge is 0.427 e.